The first-order valence-corrected chi connectivity index (χ1v) is 7.29. The first-order chi connectivity index (χ1) is 10.6. The van der Waals surface area contributed by atoms with E-state index in [9.17, 15) is 4.79 Å². The molecule has 0 heterocycles. The van der Waals surface area contributed by atoms with Gasteiger partial charge in [0.25, 0.3) is 0 Å². The lowest BCUT2D eigenvalue weighted by Gasteiger charge is -2.10. The highest BCUT2D eigenvalue weighted by molar-refractivity contribution is 5.95. The molecule has 0 saturated carbocycles. The average Bonchev–Trinajstić information content (AvgIpc) is 2.50. The number of ketones is 1. The zero-order chi connectivity index (χ0) is 15.9. The molecule has 0 atom stereocenters. The third kappa shape index (κ3) is 4.52. The number of carbonyl (C=O) groups excluding carboxylic acids is 1. The van der Waals surface area contributed by atoms with E-state index in [2.05, 4.69) is 0 Å². The van der Waals surface area contributed by atoms with Crippen molar-refractivity contribution >= 4 is 11.5 Å². The first kappa shape index (κ1) is 15.9. The summed E-state index contributed by atoms with van der Waals surface area (Å²) in [6.07, 6.45) is 0.752. The number of nitrogens with two attached hydrogens (primary N) is 1. The SMILES string of the molecule is CC(=O)c1ccc(OCCCOc2ccc(C)cc2)c(N)c1. The Bertz CT molecular complexity index is 635. The number of hydrogen-bond donors (Lipinski definition) is 1. The third-order valence-corrected chi connectivity index (χ3v) is 3.25. The minimum absolute atomic E-state index is 0.00949. The summed E-state index contributed by atoms with van der Waals surface area (Å²) < 4.78 is 11.2. The van der Waals surface area contributed by atoms with Crippen molar-refractivity contribution in [2.75, 3.05) is 18.9 Å². The van der Waals surface area contributed by atoms with Gasteiger partial charge in [-0.2, -0.15) is 0 Å². The van der Waals surface area contributed by atoms with Crippen molar-refractivity contribution in [2.24, 2.45) is 0 Å². The molecule has 4 nitrogen and oxygen atoms in total. The van der Waals surface area contributed by atoms with Crippen LogP contribution in [0.4, 0.5) is 5.69 Å². The van der Waals surface area contributed by atoms with Crippen LogP contribution in [0.15, 0.2) is 42.5 Å². The van der Waals surface area contributed by atoms with Gasteiger partial charge in [0.2, 0.25) is 0 Å². The van der Waals surface area contributed by atoms with Crippen molar-refractivity contribution in [2.45, 2.75) is 20.3 Å². The van der Waals surface area contributed by atoms with Crippen LogP contribution in [-0.2, 0) is 0 Å². The van der Waals surface area contributed by atoms with Gasteiger partial charge in [-0.25, -0.2) is 0 Å². The van der Waals surface area contributed by atoms with Crippen LogP contribution >= 0.6 is 0 Å². The van der Waals surface area contributed by atoms with Gasteiger partial charge in [-0.15, -0.1) is 0 Å². The Morgan fingerprint density at radius 1 is 1.05 bits per heavy atom. The van der Waals surface area contributed by atoms with Crippen LogP contribution in [0.1, 0.15) is 29.3 Å². The molecular formula is C18H21NO3. The molecule has 2 rings (SSSR count). The summed E-state index contributed by atoms with van der Waals surface area (Å²) in [7, 11) is 0. The van der Waals surface area contributed by atoms with Gasteiger partial charge in [0.05, 0.1) is 18.9 Å². The molecule has 0 radical (unpaired) electrons. The molecule has 0 aliphatic rings. The highest BCUT2D eigenvalue weighted by atomic mass is 16.5. The molecule has 0 aliphatic heterocycles. The van der Waals surface area contributed by atoms with Gasteiger partial charge in [0.15, 0.2) is 5.78 Å². The fraction of sp³-hybridized carbons (Fsp3) is 0.278. The Hall–Kier alpha value is -2.49. The Kier molecular flexibility index (Phi) is 5.42. The number of rotatable bonds is 7. The van der Waals surface area contributed by atoms with E-state index in [0.717, 1.165) is 12.2 Å². The smallest absolute Gasteiger partial charge is 0.159 e. The molecule has 0 saturated heterocycles. The van der Waals surface area contributed by atoms with Crippen molar-refractivity contribution in [3.8, 4) is 11.5 Å². The van der Waals surface area contributed by atoms with Gasteiger partial charge in [-0.1, -0.05) is 17.7 Å². The average molecular weight is 299 g/mol. The van der Waals surface area contributed by atoms with Crippen LogP contribution in [0.2, 0.25) is 0 Å². The Balaban J connectivity index is 1.74. The monoisotopic (exact) mass is 299 g/mol. The van der Waals surface area contributed by atoms with E-state index in [1.165, 1.54) is 12.5 Å². The van der Waals surface area contributed by atoms with Gasteiger partial charge in [-0.3, -0.25) is 4.79 Å². The van der Waals surface area contributed by atoms with Crippen LogP contribution in [0, 0.1) is 6.92 Å². The second kappa shape index (κ2) is 7.50. The lowest BCUT2D eigenvalue weighted by atomic mass is 10.1. The van der Waals surface area contributed by atoms with Crippen LogP contribution in [0.3, 0.4) is 0 Å². The molecule has 0 aliphatic carbocycles. The topological polar surface area (TPSA) is 61.5 Å². The molecule has 0 amide bonds. The predicted octanol–water partition coefficient (Wildman–Crippen LogP) is 3.63. The summed E-state index contributed by atoms with van der Waals surface area (Å²) in [5.74, 6) is 1.45. The Morgan fingerprint density at radius 2 is 1.73 bits per heavy atom. The maximum absolute atomic E-state index is 11.3. The molecule has 0 bridgehead atoms. The lowest BCUT2D eigenvalue weighted by Crippen LogP contribution is -2.06. The summed E-state index contributed by atoms with van der Waals surface area (Å²) in [6, 6.07) is 13.0. The van der Waals surface area contributed by atoms with Gasteiger partial charge < -0.3 is 15.2 Å². The van der Waals surface area contributed by atoms with Gasteiger partial charge in [0, 0.05) is 12.0 Å². The number of benzene rings is 2. The van der Waals surface area contributed by atoms with Crippen molar-refractivity contribution in [3.05, 3.63) is 53.6 Å². The fourth-order valence-electron chi connectivity index (χ4n) is 1.96. The second-order valence-corrected chi connectivity index (χ2v) is 5.17. The van der Waals surface area contributed by atoms with Crippen molar-refractivity contribution in [1.29, 1.82) is 0 Å². The van der Waals surface area contributed by atoms with Crippen molar-refractivity contribution < 1.29 is 14.3 Å². The quantitative estimate of drug-likeness (QED) is 0.482. The predicted molar refractivity (Wildman–Crippen MR) is 87.6 cm³/mol. The molecule has 0 aromatic heterocycles. The largest absolute Gasteiger partial charge is 0.493 e. The molecule has 22 heavy (non-hydrogen) atoms. The molecular weight excluding hydrogens is 278 g/mol. The zero-order valence-corrected chi connectivity index (χ0v) is 13.0. The highest BCUT2D eigenvalue weighted by Gasteiger charge is 2.05. The Labute approximate surface area is 130 Å². The molecule has 4 heteroatoms. The summed E-state index contributed by atoms with van der Waals surface area (Å²) in [5, 5.41) is 0. The van der Waals surface area contributed by atoms with E-state index < -0.39 is 0 Å². The van der Waals surface area contributed by atoms with E-state index in [0.29, 0.717) is 30.2 Å². The lowest BCUT2D eigenvalue weighted by molar-refractivity contribution is 0.101. The van der Waals surface area contributed by atoms with Gasteiger partial charge in [-0.05, 0) is 44.2 Å². The van der Waals surface area contributed by atoms with E-state index in [-0.39, 0.29) is 5.78 Å². The van der Waals surface area contributed by atoms with Gasteiger partial charge in [0.1, 0.15) is 11.5 Å². The molecule has 2 aromatic rings. The second-order valence-electron chi connectivity index (χ2n) is 5.17. The van der Waals surface area contributed by atoms with E-state index >= 15 is 0 Å². The number of anilines is 1. The zero-order valence-electron chi connectivity index (χ0n) is 13.0. The summed E-state index contributed by atoms with van der Waals surface area (Å²) in [6.45, 7) is 4.64. The number of aryl methyl sites for hydroxylation is 1. The van der Waals surface area contributed by atoms with Crippen LogP contribution in [0.25, 0.3) is 0 Å². The summed E-state index contributed by atoms with van der Waals surface area (Å²) >= 11 is 0. The van der Waals surface area contributed by atoms with Crippen molar-refractivity contribution in [1.82, 2.24) is 0 Å². The minimum atomic E-state index is -0.00949. The number of nitrogen functional groups attached to an aromatic ring is 1. The van der Waals surface area contributed by atoms with Crippen LogP contribution in [-0.4, -0.2) is 19.0 Å². The molecule has 2 N–H and O–H groups in total. The summed E-state index contributed by atoms with van der Waals surface area (Å²) in [4.78, 5) is 11.3. The van der Waals surface area contributed by atoms with E-state index in [1.54, 1.807) is 18.2 Å². The summed E-state index contributed by atoms with van der Waals surface area (Å²) in [5.41, 5.74) is 8.15. The minimum Gasteiger partial charge on any atom is -0.493 e. The number of carbonyl (C=O) groups is 1. The number of ether oxygens (including phenoxy) is 2. The molecule has 116 valence electrons. The fourth-order valence-corrected chi connectivity index (χ4v) is 1.96. The standard InChI is InChI=1S/C18H21NO3/c1-13-4-7-16(8-5-13)21-10-3-11-22-18-9-6-15(14(2)20)12-17(18)19/h4-9,12H,3,10-11,19H2,1-2H3. The number of hydrogen-bond acceptors (Lipinski definition) is 4. The molecule has 0 unspecified atom stereocenters. The van der Waals surface area contributed by atoms with Crippen LogP contribution in [0.5, 0.6) is 11.5 Å². The first-order valence-electron chi connectivity index (χ1n) is 7.29. The van der Waals surface area contributed by atoms with Crippen LogP contribution < -0.4 is 15.2 Å². The molecule has 0 spiro atoms. The third-order valence-electron chi connectivity index (χ3n) is 3.25. The molecule has 0 fully saturated rings. The van der Waals surface area contributed by atoms with Crippen molar-refractivity contribution in [3.63, 3.8) is 0 Å². The maximum Gasteiger partial charge on any atom is 0.159 e. The Morgan fingerprint density at radius 3 is 2.36 bits per heavy atom. The van der Waals surface area contributed by atoms with E-state index in [4.69, 9.17) is 15.2 Å². The van der Waals surface area contributed by atoms with Gasteiger partial charge >= 0.3 is 0 Å². The molecule has 2 aromatic carbocycles. The number of Topliss-reactive ketones (excluding diaryl/α,β-unsaturated/α-hetero) is 1. The maximum atomic E-state index is 11.3. The highest BCUT2D eigenvalue weighted by Crippen LogP contribution is 2.23. The van der Waals surface area contributed by atoms with E-state index in [1.807, 2.05) is 31.2 Å². The normalized spacial score (nSPS) is 10.3.